The number of benzene rings is 5. The van der Waals surface area contributed by atoms with E-state index in [4.69, 9.17) is 24.2 Å². The van der Waals surface area contributed by atoms with E-state index in [0.717, 1.165) is 5.56 Å². The summed E-state index contributed by atoms with van der Waals surface area (Å²) in [5, 5.41) is 43.1. The Morgan fingerprint density at radius 2 is 1.61 bits per heavy atom. The maximum Gasteiger partial charge on any atom is 0.332 e. The third-order valence-corrected chi connectivity index (χ3v) is 11.6. The molecule has 2 heterocycles. The highest BCUT2D eigenvalue weighted by Crippen LogP contribution is 2.59. The third kappa shape index (κ3) is 3.86. The monoisotopic (exact) mass is 681 g/mol. The minimum atomic E-state index is -1.43. The van der Waals surface area contributed by atoms with Crippen molar-refractivity contribution in [1.29, 1.82) is 0 Å². The Morgan fingerprint density at radius 1 is 0.918 bits per heavy atom. The number of aromatic hydroxyl groups is 2. The molecule has 0 saturated heterocycles. The van der Waals surface area contributed by atoms with Gasteiger partial charge >= 0.3 is 5.97 Å². The van der Waals surface area contributed by atoms with Crippen molar-refractivity contribution in [3.8, 4) is 28.7 Å². The van der Waals surface area contributed by atoms with Gasteiger partial charge in [-0.1, -0.05) is 11.6 Å². The Morgan fingerprint density at radius 3 is 2.24 bits per heavy atom. The van der Waals surface area contributed by atoms with Gasteiger partial charge in [0.25, 0.3) is 0 Å². The normalized spacial score (nSPS) is 20.7. The van der Waals surface area contributed by atoms with Crippen LogP contribution in [-0.4, -0.2) is 71.8 Å². The summed E-state index contributed by atoms with van der Waals surface area (Å²) >= 11 is 1.35. The predicted octanol–water partition coefficient (Wildman–Crippen LogP) is 5.66. The minimum absolute atomic E-state index is 0.0730. The van der Waals surface area contributed by atoms with Crippen molar-refractivity contribution in [2.45, 2.75) is 56.5 Å². The standard InChI is InChI=1S/C37H35N3O8S/c1-13-9-15-19-22-24-20(31(43)32(47-7)25(22)18(13)14(2)41)16(42)10-17(46-6)21(24)26-23(19)27(29-28(15)38-11-36(3,4)39-29)30-34(33(26)48-8)49-12-37(5,40-30)35(44)45/h9-10,18,39,42-43H,11-12H2,1-8H3,(H,44,45). The molecule has 1 aliphatic carbocycles. The Labute approximate surface area is 284 Å². The van der Waals surface area contributed by atoms with Crippen LogP contribution in [0.1, 0.15) is 51.7 Å². The maximum atomic E-state index is 13.7. The molecule has 3 aliphatic rings. The predicted molar refractivity (Wildman–Crippen MR) is 189 cm³/mol. The summed E-state index contributed by atoms with van der Waals surface area (Å²) in [5.74, 6) is -1.54. The van der Waals surface area contributed by atoms with Crippen LogP contribution in [0.2, 0.25) is 0 Å². The first kappa shape index (κ1) is 31.3. The molecule has 252 valence electrons. The molecule has 0 radical (unpaired) electrons. The molecule has 49 heavy (non-hydrogen) atoms. The van der Waals surface area contributed by atoms with Gasteiger partial charge in [-0.25, -0.2) is 4.79 Å². The van der Waals surface area contributed by atoms with E-state index in [1.165, 1.54) is 39.0 Å². The molecular formula is C37H35N3O8S. The van der Waals surface area contributed by atoms with Crippen LogP contribution in [0.3, 0.4) is 0 Å². The first-order valence-corrected chi connectivity index (χ1v) is 16.9. The van der Waals surface area contributed by atoms with Crippen LogP contribution in [0, 0.1) is 0 Å². The maximum absolute atomic E-state index is 13.7. The van der Waals surface area contributed by atoms with Crippen LogP contribution in [0.4, 0.5) is 5.69 Å². The molecule has 11 nitrogen and oxygen atoms in total. The van der Waals surface area contributed by atoms with Gasteiger partial charge in [-0.15, -0.1) is 11.8 Å². The molecule has 2 aliphatic heterocycles. The first-order valence-electron chi connectivity index (χ1n) is 15.9. The number of methoxy groups -OCH3 is 3. The number of nitrogens with one attached hydrogen (secondary N) is 1. The summed E-state index contributed by atoms with van der Waals surface area (Å²) in [7, 11) is 4.49. The number of hydrogen-bond donors (Lipinski definition) is 4. The molecule has 0 amide bonds. The molecule has 5 aromatic rings. The Balaban J connectivity index is 1.87. The van der Waals surface area contributed by atoms with Gasteiger partial charge in [-0.3, -0.25) is 14.8 Å². The summed E-state index contributed by atoms with van der Waals surface area (Å²) in [6.45, 7) is 9.53. The van der Waals surface area contributed by atoms with Gasteiger partial charge in [0.1, 0.15) is 23.0 Å². The van der Waals surface area contributed by atoms with Gasteiger partial charge in [0, 0.05) is 55.3 Å². The summed E-state index contributed by atoms with van der Waals surface area (Å²) in [6, 6.07) is 1.45. The fourth-order valence-electron chi connectivity index (χ4n) is 8.14. The molecule has 0 spiro atoms. The fourth-order valence-corrected chi connectivity index (χ4v) is 9.36. The molecule has 0 bridgehead atoms. The number of carbonyl (C=O) groups is 2. The van der Waals surface area contributed by atoms with Crippen LogP contribution in [0.15, 0.2) is 26.5 Å². The number of ether oxygens (including phenoxy) is 3. The van der Waals surface area contributed by atoms with Gasteiger partial charge in [-0.05, 0) is 40.0 Å². The van der Waals surface area contributed by atoms with Crippen LogP contribution >= 0.6 is 11.8 Å². The molecule has 4 N–H and O–H groups in total. The van der Waals surface area contributed by atoms with Crippen molar-refractivity contribution >= 4 is 78.4 Å². The average molecular weight is 682 g/mol. The zero-order valence-electron chi connectivity index (χ0n) is 28.3. The van der Waals surface area contributed by atoms with Crippen molar-refractivity contribution in [1.82, 2.24) is 0 Å². The number of fused-ring (bicyclic) bond motifs is 6. The second-order valence-electron chi connectivity index (χ2n) is 14.0. The van der Waals surface area contributed by atoms with E-state index < -0.39 is 23.0 Å². The Hall–Kier alpha value is -4.97. The SMILES string of the molecule is COc1c(O)c2c(O)cc(OC)c3c4c(OC)c5c(c6c7c(c8c(c(c1C(C(C)=O)C(C)=C8)c23)c64)=NCC(C)(C)N7)=NC(C)(C(=O)O)CS5. The summed E-state index contributed by atoms with van der Waals surface area (Å²) in [4.78, 5) is 37.1. The lowest BCUT2D eigenvalue weighted by molar-refractivity contribution is -0.141. The van der Waals surface area contributed by atoms with Crippen molar-refractivity contribution in [3.63, 3.8) is 0 Å². The quantitative estimate of drug-likeness (QED) is 0.135. The number of nitrogens with zero attached hydrogens (tertiary/aromatic N) is 2. The largest absolute Gasteiger partial charge is 0.507 e. The van der Waals surface area contributed by atoms with E-state index in [1.807, 2.05) is 26.8 Å². The van der Waals surface area contributed by atoms with E-state index in [1.54, 1.807) is 14.0 Å². The number of phenolic OH excluding ortho intramolecular Hbond substituents is 2. The highest BCUT2D eigenvalue weighted by atomic mass is 32.2. The van der Waals surface area contributed by atoms with Crippen LogP contribution in [0.25, 0.3) is 49.2 Å². The molecule has 0 aromatic heterocycles. The molecule has 2 atom stereocenters. The smallest absolute Gasteiger partial charge is 0.332 e. The lowest BCUT2D eigenvalue weighted by Crippen LogP contribution is -2.43. The van der Waals surface area contributed by atoms with E-state index >= 15 is 0 Å². The number of allylic oxidation sites excluding steroid dienone is 1. The number of phenols is 2. The number of thioether (sulfide) groups is 1. The zero-order valence-corrected chi connectivity index (χ0v) is 29.1. The second kappa shape index (κ2) is 10.0. The van der Waals surface area contributed by atoms with Crippen LogP contribution in [0.5, 0.6) is 28.7 Å². The summed E-state index contributed by atoms with van der Waals surface area (Å²) in [6.07, 6.45) is 1.97. The lowest BCUT2D eigenvalue weighted by Gasteiger charge is -2.33. The number of hydrogen-bond acceptors (Lipinski definition) is 11. The second-order valence-corrected chi connectivity index (χ2v) is 15.0. The van der Waals surface area contributed by atoms with Gasteiger partial charge in [0.15, 0.2) is 17.0 Å². The van der Waals surface area contributed by atoms with E-state index in [2.05, 4.69) is 5.32 Å². The molecule has 5 aromatic carbocycles. The van der Waals surface area contributed by atoms with Crippen molar-refractivity contribution in [2.24, 2.45) is 9.98 Å². The molecular weight excluding hydrogens is 646 g/mol. The molecule has 0 saturated carbocycles. The first-order chi connectivity index (χ1) is 23.2. The highest BCUT2D eigenvalue weighted by molar-refractivity contribution is 7.99. The zero-order chi connectivity index (χ0) is 35.1. The molecule has 8 rings (SSSR count). The number of carbonyl (C=O) groups excluding carboxylic acids is 1. The number of Topliss-reactive ketones (excluding diaryl/α,β-unsaturated/α-hetero) is 1. The minimum Gasteiger partial charge on any atom is -0.507 e. The number of carboxylic acid groups (broad SMARTS) is 1. The summed E-state index contributed by atoms with van der Waals surface area (Å²) < 4.78 is 18.1. The number of carboxylic acids is 1. The van der Waals surface area contributed by atoms with E-state index in [-0.39, 0.29) is 34.2 Å². The number of anilines is 1. The van der Waals surface area contributed by atoms with Crippen LogP contribution < -0.4 is 30.2 Å². The molecule has 2 unspecified atom stereocenters. The highest BCUT2D eigenvalue weighted by Gasteiger charge is 2.41. The molecule has 0 fully saturated rings. The fraction of sp³-hybridized carbons (Fsp3) is 0.351. The van der Waals surface area contributed by atoms with Gasteiger partial charge in [0.05, 0.1) is 66.0 Å². The van der Waals surface area contributed by atoms with Crippen molar-refractivity contribution < 1.29 is 39.1 Å². The average Bonchev–Trinajstić information content (AvgIpc) is 3.17. The molecule has 12 heteroatoms. The van der Waals surface area contributed by atoms with Gasteiger partial charge in [-0.2, -0.15) is 0 Å². The summed E-state index contributed by atoms with van der Waals surface area (Å²) in [5.41, 5.74) is 0.709. The number of ketones is 1. The van der Waals surface area contributed by atoms with E-state index in [0.29, 0.717) is 88.2 Å². The topological polar surface area (TPSA) is 159 Å². The van der Waals surface area contributed by atoms with E-state index in [9.17, 15) is 24.9 Å². The van der Waals surface area contributed by atoms with Crippen molar-refractivity contribution in [3.05, 3.63) is 33.5 Å². The van der Waals surface area contributed by atoms with Crippen molar-refractivity contribution in [2.75, 3.05) is 38.9 Å². The van der Waals surface area contributed by atoms with Gasteiger partial charge < -0.3 is 34.8 Å². The number of aliphatic carboxylic acids is 1. The Bertz CT molecular complexity index is 2560. The lowest BCUT2D eigenvalue weighted by atomic mass is 9.80. The number of rotatable bonds is 5. The van der Waals surface area contributed by atoms with Gasteiger partial charge in [0.2, 0.25) is 0 Å². The van der Waals surface area contributed by atoms with Crippen LogP contribution in [-0.2, 0) is 9.59 Å². The Kier molecular flexibility index (Phi) is 6.41. The third-order valence-electron chi connectivity index (χ3n) is 10.2.